The molecule has 1 aromatic heterocycles. The Morgan fingerprint density at radius 3 is 2.91 bits per heavy atom. The van der Waals surface area contributed by atoms with Crippen molar-refractivity contribution < 1.29 is 14.3 Å². The Hall–Kier alpha value is -0.800. The van der Waals surface area contributed by atoms with Gasteiger partial charge in [-0.3, -0.25) is 0 Å². The number of aliphatic hydroxyl groups is 1. The van der Waals surface area contributed by atoms with Crippen LogP contribution < -0.4 is 10.6 Å². The molecule has 1 aromatic rings. The third-order valence-corrected chi connectivity index (χ3v) is 3.78. The van der Waals surface area contributed by atoms with Crippen molar-refractivity contribution >= 4 is 29.9 Å². The maximum absolute atomic E-state index is 9.25. The first-order valence-electron chi connectivity index (χ1n) is 7.51. The highest BCUT2D eigenvalue weighted by Crippen LogP contribution is 2.31. The quantitative estimate of drug-likeness (QED) is 0.354. The molecule has 0 amide bonds. The van der Waals surface area contributed by atoms with Gasteiger partial charge in [-0.1, -0.05) is 0 Å². The Labute approximate surface area is 148 Å². The van der Waals surface area contributed by atoms with Gasteiger partial charge in [0, 0.05) is 31.7 Å². The minimum atomic E-state index is 0. The fourth-order valence-electron chi connectivity index (χ4n) is 2.48. The Kier molecular flexibility index (Phi) is 8.81. The van der Waals surface area contributed by atoms with Gasteiger partial charge in [-0.05, 0) is 31.9 Å². The molecule has 0 radical (unpaired) electrons. The van der Waals surface area contributed by atoms with Crippen molar-refractivity contribution in [2.24, 2.45) is 10.4 Å². The van der Waals surface area contributed by atoms with Crippen molar-refractivity contribution in [2.75, 3.05) is 32.9 Å². The van der Waals surface area contributed by atoms with E-state index in [-0.39, 0.29) is 36.0 Å². The Morgan fingerprint density at radius 1 is 1.45 bits per heavy atom. The monoisotopic (exact) mass is 423 g/mol. The van der Waals surface area contributed by atoms with Gasteiger partial charge in [0.2, 0.25) is 0 Å². The van der Waals surface area contributed by atoms with Crippen molar-refractivity contribution in [3.8, 4) is 0 Å². The molecule has 22 heavy (non-hydrogen) atoms. The van der Waals surface area contributed by atoms with Crippen molar-refractivity contribution in [2.45, 2.75) is 26.3 Å². The molecule has 2 heterocycles. The number of hydrogen-bond donors (Lipinski definition) is 3. The predicted molar refractivity (Wildman–Crippen MR) is 96.5 cm³/mol. The third-order valence-electron chi connectivity index (χ3n) is 3.78. The van der Waals surface area contributed by atoms with Crippen molar-refractivity contribution in [3.63, 3.8) is 0 Å². The lowest BCUT2D eigenvalue weighted by atomic mass is 9.84. The van der Waals surface area contributed by atoms with E-state index in [0.717, 1.165) is 44.3 Å². The van der Waals surface area contributed by atoms with E-state index in [9.17, 15) is 5.11 Å². The number of furan rings is 1. The Morgan fingerprint density at radius 2 is 2.32 bits per heavy atom. The van der Waals surface area contributed by atoms with Crippen LogP contribution in [0.5, 0.6) is 0 Å². The first-order valence-corrected chi connectivity index (χ1v) is 7.51. The van der Waals surface area contributed by atoms with Gasteiger partial charge < -0.3 is 24.9 Å². The number of nitrogens with zero attached hydrogens (tertiary/aromatic N) is 1. The van der Waals surface area contributed by atoms with Gasteiger partial charge in [-0.15, -0.1) is 24.0 Å². The van der Waals surface area contributed by atoms with E-state index in [4.69, 9.17) is 9.15 Å². The van der Waals surface area contributed by atoms with Crippen LogP contribution in [0.4, 0.5) is 0 Å². The molecule has 0 aliphatic carbocycles. The lowest BCUT2D eigenvalue weighted by molar-refractivity contribution is 0.127. The van der Waals surface area contributed by atoms with E-state index in [1.807, 2.05) is 19.1 Å². The molecule has 126 valence electrons. The van der Waals surface area contributed by atoms with Crippen LogP contribution in [0, 0.1) is 5.41 Å². The number of hydrogen-bond acceptors (Lipinski definition) is 4. The average Bonchev–Trinajstić information content (AvgIpc) is 3.14. The molecule has 3 N–H and O–H groups in total. The molecular weight excluding hydrogens is 397 g/mol. The number of nitrogens with one attached hydrogen (secondary N) is 2. The van der Waals surface area contributed by atoms with Crippen molar-refractivity contribution in [1.82, 2.24) is 10.6 Å². The molecule has 2 rings (SSSR count). The summed E-state index contributed by atoms with van der Waals surface area (Å²) in [6, 6.07) is 3.77. The lowest BCUT2D eigenvalue weighted by Gasteiger charge is -2.27. The van der Waals surface area contributed by atoms with E-state index in [1.54, 1.807) is 6.26 Å². The summed E-state index contributed by atoms with van der Waals surface area (Å²) in [5.41, 5.74) is 0.00955. The molecule has 1 saturated heterocycles. The number of ether oxygens (including phenoxy) is 1. The van der Waals surface area contributed by atoms with Crippen molar-refractivity contribution in [1.29, 1.82) is 0 Å². The number of guanidine groups is 1. The molecular formula is C15H26IN3O3. The molecule has 1 aliphatic rings. The van der Waals surface area contributed by atoms with E-state index in [2.05, 4.69) is 15.6 Å². The summed E-state index contributed by atoms with van der Waals surface area (Å²) in [5.74, 6) is 1.60. The first-order chi connectivity index (χ1) is 10.3. The summed E-state index contributed by atoms with van der Waals surface area (Å²) in [6.45, 7) is 5.73. The highest BCUT2D eigenvalue weighted by molar-refractivity contribution is 14.0. The van der Waals surface area contributed by atoms with Gasteiger partial charge in [0.1, 0.15) is 12.3 Å². The summed E-state index contributed by atoms with van der Waals surface area (Å²) in [6.07, 6.45) is 3.37. The molecule has 6 nitrogen and oxygen atoms in total. The summed E-state index contributed by atoms with van der Waals surface area (Å²) in [7, 11) is 0. The number of halogens is 1. The second kappa shape index (κ2) is 10.1. The molecule has 0 aromatic carbocycles. The predicted octanol–water partition coefficient (Wildman–Crippen LogP) is 1.74. The summed E-state index contributed by atoms with van der Waals surface area (Å²) in [5, 5.41) is 15.8. The van der Waals surface area contributed by atoms with E-state index in [1.165, 1.54) is 0 Å². The van der Waals surface area contributed by atoms with Crippen LogP contribution in [0.2, 0.25) is 0 Å². The molecule has 1 aliphatic heterocycles. The Bertz CT molecular complexity index is 431. The van der Waals surface area contributed by atoms with Crippen LogP contribution >= 0.6 is 24.0 Å². The molecule has 1 atom stereocenters. The molecule has 7 heteroatoms. The van der Waals surface area contributed by atoms with Gasteiger partial charge in [0.25, 0.3) is 0 Å². The van der Waals surface area contributed by atoms with Crippen molar-refractivity contribution in [3.05, 3.63) is 24.2 Å². The maximum Gasteiger partial charge on any atom is 0.191 e. The largest absolute Gasteiger partial charge is 0.467 e. The van der Waals surface area contributed by atoms with Crippen LogP contribution in [0.25, 0.3) is 0 Å². The lowest BCUT2D eigenvalue weighted by Crippen LogP contribution is -2.44. The summed E-state index contributed by atoms with van der Waals surface area (Å²) < 4.78 is 10.8. The van der Waals surface area contributed by atoms with E-state index in [0.29, 0.717) is 13.2 Å². The second-order valence-corrected chi connectivity index (χ2v) is 5.40. The highest BCUT2D eigenvalue weighted by atomic mass is 127. The van der Waals surface area contributed by atoms with Gasteiger partial charge in [0.05, 0.1) is 12.9 Å². The van der Waals surface area contributed by atoms with Gasteiger partial charge >= 0.3 is 0 Å². The number of aliphatic hydroxyl groups excluding tert-OH is 1. The van der Waals surface area contributed by atoms with E-state index >= 15 is 0 Å². The smallest absolute Gasteiger partial charge is 0.191 e. The number of aliphatic imine (C=N–C) groups is 1. The van der Waals surface area contributed by atoms with Gasteiger partial charge in [-0.2, -0.15) is 0 Å². The van der Waals surface area contributed by atoms with Gasteiger partial charge in [0.15, 0.2) is 5.96 Å². The third kappa shape index (κ3) is 5.77. The zero-order chi connectivity index (χ0) is 15.0. The summed E-state index contributed by atoms with van der Waals surface area (Å²) >= 11 is 0. The zero-order valence-electron chi connectivity index (χ0n) is 13.0. The standard InChI is InChI=1S/C15H25N3O3.HI/c1-2-16-14(17-10-13-4-3-8-21-13)18-11-15(5-7-19)6-9-20-12-15;/h3-4,8,19H,2,5-7,9-12H2,1H3,(H2,16,17,18);1H. The average molecular weight is 423 g/mol. The van der Waals surface area contributed by atoms with Crippen LogP contribution in [0.3, 0.4) is 0 Å². The second-order valence-electron chi connectivity index (χ2n) is 5.40. The normalized spacial score (nSPS) is 21.5. The SMILES string of the molecule is CCNC(=NCc1ccco1)NCC1(CCO)CCOC1.I. The molecule has 0 bridgehead atoms. The van der Waals surface area contributed by atoms with Crippen LogP contribution in [0.15, 0.2) is 27.8 Å². The molecule has 0 spiro atoms. The van der Waals surface area contributed by atoms with Gasteiger partial charge in [-0.25, -0.2) is 4.99 Å². The van der Waals surface area contributed by atoms with Crippen LogP contribution in [-0.4, -0.2) is 44.0 Å². The van der Waals surface area contributed by atoms with Crippen LogP contribution in [0.1, 0.15) is 25.5 Å². The summed E-state index contributed by atoms with van der Waals surface area (Å²) in [4.78, 5) is 4.51. The zero-order valence-corrected chi connectivity index (χ0v) is 15.3. The minimum absolute atomic E-state index is 0. The molecule has 0 saturated carbocycles. The topological polar surface area (TPSA) is 79.0 Å². The maximum atomic E-state index is 9.25. The Balaban J connectivity index is 0.00000242. The van der Waals surface area contributed by atoms with E-state index < -0.39 is 0 Å². The molecule has 1 unspecified atom stereocenters. The number of rotatable bonds is 7. The first kappa shape index (κ1) is 19.2. The highest BCUT2D eigenvalue weighted by Gasteiger charge is 2.34. The fourth-order valence-corrected chi connectivity index (χ4v) is 2.48. The fraction of sp³-hybridized carbons (Fsp3) is 0.667. The minimum Gasteiger partial charge on any atom is -0.467 e. The molecule has 1 fully saturated rings. The van der Waals surface area contributed by atoms with Crippen LogP contribution in [-0.2, 0) is 11.3 Å².